The van der Waals surface area contributed by atoms with Gasteiger partial charge in [0.2, 0.25) is 5.91 Å². The summed E-state index contributed by atoms with van der Waals surface area (Å²) in [5, 5.41) is 6.22. The van der Waals surface area contributed by atoms with Crippen LogP contribution in [0.15, 0.2) is 24.3 Å². The summed E-state index contributed by atoms with van der Waals surface area (Å²) in [4.78, 5) is 11.9. The summed E-state index contributed by atoms with van der Waals surface area (Å²) in [6.45, 7) is 0.948. The summed E-state index contributed by atoms with van der Waals surface area (Å²) in [5.74, 6) is 0.0869. The Labute approximate surface area is 109 Å². The van der Waals surface area contributed by atoms with Crippen molar-refractivity contribution in [2.24, 2.45) is 0 Å². The lowest BCUT2D eigenvalue weighted by molar-refractivity contribution is -0.118. The molecule has 1 unspecified atom stereocenters. The van der Waals surface area contributed by atoms with Crippen LogP contribution in [0.25, 0.3) is 0 Å². The van der Waals surface area contributed by atoms with Crippen LogP contribution in [0.2, 0.25) is 0 Å². The first kappa shape index (κ1) is 11.9. The van der Waals surface area contributed by atoms with E-state index < -0.39 is 0 Å². The predicted molar refractivity (Wildman–Crippen MR) is 73.4 cm³/mol. The molecule has 1 aromatic rings. The molecule has 1 amide bonds. The highest BCUT2D eigenvalue weighted by Gasteiger charge is 2.20. The minimum absolute atomic E-state index is 0.0234. The maximum Gasteiger partial charge on any atom is 0.241 e. The van der Waals surface area contributed by atoms with Crippen molar-refractivity contribution in [1.29, 1.82) is 0 Å². The predicted octanol–water partition coefficient (Wildman–Crippen LogP) is 2.37. The Morgan fingerprint density at radius 1 is 1.38 bits per heavy atom. The Morgan fingerprint density at radius 3 is 2.88 bits per heavy atom. The van der Waals surface area contributed by atoms with Crippen LogP contribution in [0.1, 0.15) is 19.3 Å². The number of rotatable bonds is 2. The number of benzene rings is 1. The van der Waals surface area contributed by atoms with Crippen LogP contribution in [-0.2, 0) is 4.79 Å². The number of piperidine rings is 1. The van der Waals surface area contributed by atoms with Crippen molar-refractivity contribution in [3.63, 3.8) is 0 Å². The lowest BCUT2D eigenvalue weighted by Crippen LogP contribution is -2.43. The first-order valence-corrected chi connectivity index (χ1v) is 6.64. The van der Waals surface area contributed by atoms with E-state index in [9.17, 15) is 4.79 Å². The number of anilines is 1. The van der Waals surface area contributed by atoms with Crippen LogP contribution in [0, 0.1) is 3.57 Å². The highest BCUT2D eigenvalue weighted by molar-refractivity contribution is 14.1. The molecule has 4 heteroatoms. The molecule has 1 saturated heterocycles. The summed E-state index contributed by atoms with van der Waals surface area (Å²) >= 11 is 2.23. The van der Waals surface area contributed by atoms with Crippen LogP contribution in [0.5, 0.6) is 0 Å². The zero-order chi connectivity index (χ0) is 11.4. The van der Waals surface area contributed by atoms with Gasteiger partial charge in [0.1, 0.15) is 0 Å². The van der Waals surface area contributed by atoms with Crippen LogP contribution >= 0.6 is 22.6 Å². The van der Waals surface area contributed by atoms with Crippen molar-refractivity contribution in [2.75, 3.05) is 11.9 Å². The summed E-state index contributed by atoms with van der Waals surface area (Å²) in [6.07, 6.45) is 3.25. The number of para-hydroxylation sites is 1. The van der Waals surface area contributed by atoms with Crippen molar-refractivity contribution < 1.29 is 4.79 Å². The van der Waals surface area contributed by atoms with Crippen LogP contribution in [-0.4, -0.2) is 18.5 Å². The van der Waals surface area contributed by atoms with Crippen LogP contribution < -0.4 is 10.6 Å². The molecule has 86 valence electrons. The Kier molecular flexibility index (Phi) is 4.17. The normalized spacial score (nSPS) is 20.4. The summed E-state index contributed by atoms with van der Waals surface area (Å²) < 4.78 is 1.07. The molecule has 0 radical (unpaired) electrons. The lowest BCUT2D eigenvalue weighted by atomic mass is 10.0. The van der Waals surface area contributed by atoms with Gasteiger partial charge < -0.3 is 10.6 Å². The Balaban J connectivity index is 1.99. The number of amides is 1. The molecule has 0 aliphatic carbocycles. The summed E-state index contributed by atoms with van der Waals surface area (Å²) in [6, 6.07) is 7.81. The van der Waals surface area contributed by atoms with E-state index in [0.29, 0.717) is 0 Å². The van der Waals surface area contributed by atoms with Gasteiger partial charge in [-0.15, -0.1) is 0 Å². The number of hydrogen-bond donors (Lipinski definition) is 2. The number of halogens is 1. The maximum atomic E-state index is 11.9. The average Bonchev–Trinajstić information content (AvgIpc) is 2.33. The van der Waals surface area contributed by atoms with Gasteiger partial charge in [-0.3, -0.25) is 4.79 Å². The highest BCUT2D eigenvalue weighted by Crippen LogP contribution is 2.18. The third-order valence-electron chi connectivity index (χ3n) is 2.76. The van der Waals surface area contributed by atoms with E-state index in [1.807, 2.05) is 24.3 Å². The maximum absolute atomic E-state index is 11.9. The molecule has 1 atom stereocenters. The van der Waals surface area contributed by atoms with Gasteiger partial charge in [-0.1, -0.05) is 18.6 Å². The number of hydrogen-bond acceptors (Lipinski definition) is 2. The zero-order valence-corrected chi connectivity index (χ0v) is 11.2. The van der Waals surface area contributed by atoms with E-state index in [0.717, 1.165) is 28.6 Å². The van der Waals surface area contributed by atoms with E-state index in [1.54, 1.807) is 0 Å². The lowest BCUT2D eigenvalue weighted by Gasteiger charge is -2.22. The fourth-order valence-corrected chi connectivity index (χ4v) is 2.38. The molecule has 16 heavy (non-hydrogen) atoms. The van der Waals surface area contributed by atoms with Gasteiger partial charge in [0.25, 0.3) is 0 Å². The van der Waals surface area contributed by atoms with Gasteiger partial charge in [-0.05, 0) is 54.1 Å². The van der Waals surface area contributed by atoms with Gasteiger partial charge in [0, 0.05) is 3.57 Å². The molecule has 2 N–H and O–H groups in total. The standard InChI is InChI=1S/C12H15IN2O/c13-9-5-1-2-6-10(9)15-12(16)11-7-3-4-8-14-11/h1-2,5-6,11,14H,3-4,7-8H2,(H,15,16). The Morgan fingerprint density at radius 2 is 2.19 bits per heavy atom. The molecule has 0 bridgehead atoms. The highest BCUT2D eigenvalue weighted by atomic mass is 127. The van der Waals surface area contributed by atoms with Crippen molar-refractivity contribution in [3.05, 3.63) is 27.8 Å². The first-order chi connectivity index (χ1) is 7.77. The topological polar surface area (TPSA) is 41.1 Å². The Hall–Kier alpha value is -0.620. The Bertz CT molecular complexity index is 375. The van der Waals surface area contributed by atoms with Gasteiger partial charge in [0.05, 0.1) is 11.7 Å². The molecule has 3 nitrogen and oxygen atoms in total. The molecule has 1 aliphatic rings. The molecule has 0 spiro atoms. The molecule has 0 saturated carbocycles. The van der Waals surface area contributed by atoms with E-state index in [-0.39, 0.29) is 11.9 Å². The number of nitrogens with one attached hydrogen (secondary N) is 2. The monoisotopic (exact) mass is 330 g/mol. The molecule has 1 aromatic carbocycles. The summed E-state index contributed by atoms with van der Waals surface area (Å²) in [7, 11) is 0. The van der Waals surface area contributed by atoms with Gasteiger partial charge >= 0.3 is 0 Å². The average molecular weight is 330 g/mol. The smallest absolute Gasteiger partial charge is 0.241 e. The second-order valence-corrected chi connectivity index (χ2v) is 5.13. The fourth-order valence-electron chi connectivity index (χ4n) is 1.86. The number of carbonyl (C=O) groups excluding carboxylic acids is 1. The van der Waals surface area contributed by atoms with Crippen molar-refractivity contribution >= 4 is 34.2 Å². The minimum Gasteiger partial charge on any atom is -0.324 e. The van der Waals surface area contributed by atoms with Crippen LogP contribution in [0.4, 0.5) is 5.69 Å². The van der Waals surface area contributed by atoms with Gasteiger partial charge in [-0.2, -0.15) is 0 Å². The second-order valence-electron chi connectivity index (χ2n) is 3.97. The third kappa shape index (κ3) is 2.95. The van der Waals surface area contributed by atoms with Gasteiger partial charge in [-0.25, -0.2) is 0 Å². The number of carbonyl (C=O) groups is 1. The molecule has 2 rings (SSSR count). The van der Waals surface area contributed by atoms with Crippen molar-refractivity contribution in [3.8, 4) is 0 Å². The van der Waals surface area contributed by atoms with Crippen molar-refractivity contribution in [1.82, 2.24) is 5.32 Å². The van der Waals surface area contributed by atoms with Crippen LogP contribution in [0.3, 0.4) is 0 Å². The zero-order valence-electron chi connectivity index (χ0n) is 9.00. The molecule has 0 aromatic heterocycles. The van der Waals surface area contributed by atoms with E-state index >= 15 is 0 Å². The third-order valence-corrected chi connectivity index (χ3v) is 3.70. The quantitative estimate of drug-likeness (QED) is 0.818. The SMILES string of the molecule is O=C(Nc1ccccc1I)C1CCCCN1. The van der Waals surface area contributed by atoms with E-state index in [4.69, 9.17) is 0 Å². The van der Waals surface area contributed by atoms with E-state index in [2.05, 4.69) is 33.2 Å². The summed E-state index contributed by atoms with van der Waals surface area (Å²) in [5.41, 5.74) is 0.903. The largest absolute Gasteiger partial charge is 0.324 e. The molecular formula is C12H15IN2O. The molecule has 1 aliphatic heterocycles. The second kappa shape index (κ2) is 5.63. The van der Waals surface area contributed by atoms with Crippen molar-refractivity contribution in [2.45, 2.75) is 25.3 Å². The fraction of sp³-hybridized carbons (Fsp3) is 0.417. The molecule has 1 heterocycles. The molecular weight excluding hydrogens is 315 g/mol. The minimum atomic E-state index is -0.0234. The first-order valence-electron chi connectivity index (χ1n) is 5.56. The van der Waals surface area contributed by atoms with Gasteiger partial charge in [0.15, 0.2) is 0 Å². The van der Waals surface area contributed by atoms with E-state index in [1.165, 1.54) is 6.42 Å². The molecule has 1 fully saturated rings.